The van der Waals surface area contributed by atoms with Gasteiger partial charge < -0.3 is 10.1 Å². The highest BCUT2D eigenvalue weighted by molar-refractivity contribution is 5.36. The van der Waals surface area contributed by atoms with Crippen molar-refractivity contribution in [1.29, 1.82) is 5.26 Å². The molecule has 24 heavy (non-hydrogen) atoms. The Hall–Kier alpha value is -2.59. The van der Waals surface area contributed by atoms with Crippen LogP contribution in [0.1, 0.15) is 23.7 Å². The Morgan fingerprint density at radius 2 is 1.96 bits per heavy atom. The minimum Gasteiger partial charge on any atom is -0.467 e. The standard InChI is InChI=1S/C17H14F3N3O/c18-13-12(8-21)14(19)17(23-16(13)20)24-15(11-6-7-22-9-11)10-4-2-1-3-5-10/h1-5,11,15,22H,6-7,9H2/t11-,15-/m1/s1. The van der Waals surface area contributed by atoms with Crippen LogP contribution in [-0.2, 0) is 0 Å². The molecule has 7 heteroatoms. The molecule has 0 aliphatic carbocycles. The molecule has 0 saturated carbocycles. The van der Waals surface area contributed by atoms with E-state index in [1.54, 1.807) is 0 Å². The van der Waals surface area contributed by atoms with Crippen LogP contribution in [0.2, 0.25) is 0 Å². The molecule has 0 amide bonds. The number of halogens is 3. The van der Waals surface area contributed by atoms with Gasteiger partial charge in [-0.2, -0.15) is 19.0 Å². The van der Waals surface area contributed by atoms with Crippen molar-refractivity contribution in [1.82, 2.24) is 10.3 Å². The smallest absolute Gasteiger partial charge is 0.255 e. The molecule has 1 aliphatic rings. The molecule has 1 aromatic carbocycles. The van der Waals surface area contributed by atoms with Crippen LogP contribution in [0, 0.1) is 34.8 Å². The number of nitriles is 1. The molecule has 1 fully saturated rings. The van der Waals surface area contributed by atoms with E-state index < -0.39 is 35.1 Å². The van der Waals surface area contributed by atoms with Crippen molar-refractivity contribution in [2.75, 3.05) is 13.1 Å². The Morgan fingerprint density at radius 1 is 1.21 bits per heavy atom. The molecule has 0 spiro atoms. The Labute approximate surface area is 136 Å². The van der Waals surface area contributed by atoms with E-state index in [2.05, 4.69) is 10.3 Å². The summed E-state index contributed by atoms with van der Waals surface area (Å²) in [5, 5.41) is 12.0. The predicted octanol–water partition coefficient (Wildman–Crippen LogP) is 3.10. The maximum absolute atomic E-state index is 14.2. The molecule has 0 bridgehead atoms. The van der Waals surface area contributed by atoms with Crippen molar-refractivity contribution in [2.45, 2.75) is 12.5 Å². The second kappa shape index (κ2) is 6.89. The fraction of sp³-hybridized carbons (Fsp3) is 0.294. The number of hydrogen-bond donors (Lipinski definition) is 1. The van der Waals surface area contributed by atoms with Gasteiger partial charge in [0.05, 0.1) is 0 Å². The number of aromatic nitrogens is 1. The summed E-state index contributed by atoms with van der Waals surface area (Å²) in [6, 6.07) is 10.4. The molecule has 124 valence electrons. The zero-order valence-electron chi connectivity index (χ0n) is 12.6. The summed E-state index contributed by atoms with van der Waals surface area (Å²) < 4.78 is 46.8. The summed E-state index contributed by atoms with van der Waals surface area (Å²) in [7, 11) is 0. The maximum atomic E-state index is 14.2. The van der Waals surface area contributed by atoms with Crippen LogP contribution in [0.5, 0.6) is 5.88 Å². The molecule has 0 unspecified atom stereocenters. The van der Waals surface area contributed by atoms with Crippen molar-refractivity contribution in [2.24, 2.45) is 5.92 Å². The van der Waals surface area contributed by atoms with Gasteiger partial charge in [-0.25, -0.2) is 4.39 Å². The van der Waals surface area contributed by atoms with E-state index in [1.165, 1.54) is 6.07 Å². The highest BCUT2D eigenvalue weighted by Gasteiger charge is 2.31. The third-order valence-corrected chi connectivity index (χ3v) is 4.01. The molecular weight excluding hydrogens is 319 g/mol. The van der Waals surface area contributed by atoms with Gasteiger partial charge in [-0.3, -0.25) is 0 Å². The van der Waals surface area contributed by atoms with E-state index in [4.69, 9.17) is 10.00 Å². The van der Waals surface area contributed by atoms with Crippen LogP contribution >= 0.6 is 0 Å². The first-order valence-electron chi connectivity index (χ1n) is 7.48. The van der Waals surface area contributed by atoms with Crippen molar-refractivity contribution in [3.8, 4) is 11.9 Å². The number of hydrogen-bond acceptors (Lipinski definition) is 4. The van der Waals surface area contributed by atoms with Crippen molar-refractivity contribution in [3.05, 3.63) is 59.0 Å². The minimum absolute atomic E-state index is 0.0206. The van der Waals surface area contributed by atoms with Gasteiger partial charge in [0.2, 0.25) is 5.82 Å². The second-order valence-corrected chi connectivity index (χ2v) is 5.52. The zero-order valence-corrected chi connectivity index (χ0v) is 12.6. The molecule has 1 N–H and O–H groups in total. The zero-order chi connectivity index (χ0) is 17.1. The monoisotopic (exact) mass is 333 g/mol. The van der Waals surface area contributed by atoms with Crippen molar-refractivity contribution >= 4 is 0 Å². The maximum Gasteiger partial charge on any atom is 0.255 e. The lowest BCUT2D eigenvalue weighted by Crippen LogP contribution is -2.22. The summed E-state index contributed by atoms with van der Waals surface area (Å²) in [4.78, 5) is 3.21. The van der Waals surface area contributed by atoms with E-state index in [-0.39, 0.29) is 5.92 Å². The lowest BCUT2D eigenvalue weighted by molar-refractivity contribution is 0.128. The van der Waals surface area contributed by atoms with Crippen molar-refractivity contribution in [3.63, 3.8) is 0 Å². The first kappa shape index (κ1) is 16.3. The highest BCUT2D eigenvalue weighted by Crippen LogP contribution is 2.33. The fourth-order valence-corrected chi connectivity index (χ4v) is 2.80. The second-order valence-electron chi connectivity index (χ2n) is 5.52. The van der Waals surface area contributed by atoms with E-state index in [0.717, 1.165) is 18.5 Å². The van der Waals surface area contributed by atoms with Crippen LogP contribution < -0.4 is 10.1 Å². The quantitative estimate of drug-likeness (QED) is 0.874. The summed E-state index contributed by atoms with van der Waals surface area (Å²) in [5.74, 6) is -5.14. The van der Waals surface area contributed by atoms with Gasteiger partial charge in [0.25, 0.3) is 11.8 Å². The molecule has 0 radical (unpaired) electrons. The van der Waals surface area contributed by atoms with Gasteiger partial charge in [-0.05, 0) is 18.5 Å². The van der Waals surface area contributed by atoms with Gasteiger partial charge in [0, 0.05) is 12.5 Å². The number of nitrogens with one attached hydrogen (secondary N) is 1. The van der Waals surface area contributed by atoms with Gasteiger partial charge in [-0.1, -0.05) is 30.3 Å². The average Bonchev–Trinajstić information content (AvgIpc) is 3.12. The molecule has 3 rings (SSSR count). The van der Waals surface area contributed by atoms with Crippen LogP contribution in [0.4, 0.5) is 13.2 Å². The molecule has 2 heterocycles. The largest absolute Gasteiger partial charge is 0.467 e. The first-order valence-corrected chi connectivity index (χ1v) is 7.48. The van der Waals surface area contributed by atoms with E-state index in [0.29, 0.717) is 6.54 Å². The molecule has 2 atom stereocenters. The minimum atomic E-state index is -1.61. The lowest BCUT2D eigenvalue weighted by Gasteiger charge is -2.24. The normalized spacial score (nSPS) is 18.2. The molecule has 1 saturated heterocycles. The number of pyridine rings is 1. The van der Waals surface area contributed by atoms with E-state index >= 15 is 0 Å². The first-order chi connectivity index (χ1) is 11.6. The lowest BCUT2D eigenvalue weighted by atomic mass is 9.95. The molecule has 4 nitrogen and oxygen atoms in total. The number of nitrogens with zero attached hydrogens (tertiary/aromatic N) is 2. The SMILES string of the molecule is N#Cc1c(F)c(F)nc(O[C@H](c2ccccc2)[C@@H]2CCNC2)c1F. The van der Waals surface area contributed by atoms with E-state index in [9.17, 15) is 13.2 Å². The summed E-state index contributed by atoms with van der Waals surface area (Å²) in [5.41, 5.74) is -0.260. The number of benzene rings is 1. The summed E-state index contributed by atoms with van der Waals surface area (Å²) in [6.45, 7) is 1.43. The number of rotatable bonds is 4. The van der Waals surface area contributed by atoms with Crippen LogP contribution in [0.15, 0.2) is 30.3 Å². The van der Waals surface area contributed by atoms with Gasteiger partial charge >= 0.3 is 0 Å². The van der Waals surface area contributed by atoms with Gasteiger partial charge in [-0.15, -0.1) is 0 Å². The van der Waals surface area contributed by atoms with Gasteiger partial charge in [0.1, 0.15) is 17.7 Å². The van der Waals surface area contributed by atoms with Crippen molar-refractivity contribution < 1.29 is 17.9 Å². The molecule has 1 aliphatic heterocycles. The molecule has 2 aromatic rings. The van der Waals surface area contributed by atoms with Crippen LogP contribution in [0.3, 0.4) is 0 Å². The predicted molar refractivity (Wildman–Crippen MR) is 79.6 cm³/mol. The Bertz CT molecular complexity index is 771. The summed E-state index contributed by atoms with van der Waals surface area (Å²) in [6.07, 6.45) is 0.204. The average molecular weight is 333 g/mol. The molecule has 1 aromatic heterocycles. The topological polar surface area (TPSA) is 57.9 Å². The van der Waals surface area contributed by atoms with Gasteiger partial charge in [0.15, 0.2) is 5.82 Å². The molecular formula is C17H14F3N3O. The Balaban J connectivity index is 1.99. The van der Waals surface area contributed by atoms with Crippen LogP contribution in [0.25, 0.3) is 0 Å². The number of ether oxygens (including phenoxy) is 1. The van der Waals surface area contributed by atoms with E-state index in [1.807, 2.05) is 30.3 Å². The van der Waals surface area contributed by atoms with Crippen LogP contribution in [-0.4, -0.2) is 18.1 Å². The Morgan fingerprint density at radius 3 is 2.58 bits per heavy atom. The third kappa shape index (κ3) is 3.05. The Kier molecular flexibility index (Phi) is 4.67. The highest BCUT2D eigenvalue weighted by atomic mass is 19.2. The summed E-state index contributed by atoms with van der Waals surface area (Å²) >= 11 is 0. The third-order valence-electron chi connectivity index (χ3n) is 4.01. The fourth-order valence-electron chi connectivity index (χ4n) is 2.80.